The van der Waals surface area contributed by atoms with E-state index in [9.17, 15) is 4.21 Å². The zero-order valence-electron chi connectivity index (χ0n) is 7.45. The molecule has 5 heteroatoms. The summed E-state index contributed by atoms with van der Waals surface area (Å²) >= 11 is 5.60. The van der Waals surface area contributed by atoms with Crippen molar-refractivity contribution in [2.45, 2.75) is 19.1 Å². The van der Waals surface area contributed by atoms with E-state index in [4.69, 9.17) is 11.6 Å². The molecule has 0 aliphatic carbocycles. The molecule has 1 aromatic rings. The summed E-state index contributed by atoms with van der Waals surface area (Å²) in [4.78, 5) is 3.86. The lowest BCUT2D eigenvalue weighted by Crippen LogP contribution is -2.14. The second-order valence-electron chi connectivity index (χ2n) is 2.82. The van der Waals surface area contributed by atoms with Crippen molar-refractivity contribution in [2.24, 2.45) is 0 Å². The zero-order valence-corrected chi connectivity index (χ0v) is 9.02. The van der Waals surface area contributed by atoms with E-state index < -0.39 is 11.0 Å². The lowest BCUT2D eigenvalue weighted by atomic mass is 10.4. The van der Waals surface area contributed by atoms with Crippen LogP contribution in [0.15, 0.2) is 18.3 Å². The van der Waals surface area contributed by atoms with Crippen LogP contribution in [-0.4, -0.2) is 14.4 Å². The lowest BCUT2D eigenvalue weighted by Gasteiger charge is -2.07. The van der Waals surface area contributed by atoms with Crippen LogP contribution in [0.3, 0.4) is 0 Å². The molecule has 1 atom stereocenters. The Hall–Kier alpha value is -0.610. The second-order valence-corrected chi connectivity index (χ2v) is 4.95. The summed E-state index contributed by atoms with van der Waals surface area (Å²) < 4.78 is 14.2. The van der Waals surface area contributed by atoms with Gasteiger partial charge in [-0.2, -0.15) is 0 Å². The highest BCUT2D eigenvalue weighted by molar-refractivity contribution is 7.86. The van der Waals surface area contributed by atoms with Crippen LogP contribution in [0.25, 0.3) is 0 Å². The summed E-state index contributed by atoms with van der Waals surface area (Å²) in [6.07, 6.45) is 1.56. The number of anilines is 1. The predicted molar refractivity (Wildman–Crippen MR) is 56.1 cm³/mol. The molecule has 13 heavy (non-hydrogen) atoms. The summed E-state index contributed by atoms with van der Waals surface area (Å²) in [6, 6.07) is 3.40. The van der Waals surface area contributed by atoms with Crippen LogP contribution in [0.4, 0.5) is 5.69 Å². The van der Waals surface area contributed by atoms with Gasteiger partial charge in [-0.3, -0.25) is 0 Å². The molecular weight excluding hydrogens is 208 g/mol. The molecule has 0 radical (unpaired) electrons. The monoisotopic (exact) mass is 218 g/mol. The predicted octanol–water partition coefficient (Wildman–Crippen LogP) is 2.22. The van der Waals surface area contributed by atoms with Crippen molar-refractivity contribution < 1.29 is 4.21 Å². The number of halogens is 1. The Kier molecular flexibility index (Phi) is 3.69. The van der Waals surface area contributed by atoms with Gasteiger partial charge in [-0.25, -0.2) is 9.19 Å². The van der Waals surface area contributed by atoms with Gasteiger partial charge in [-0.1, -0.05) is 11.6 Å². The van der Waals surface area contributed by atoms with Crippen molar-refractivity contribution >= 4 is 28.3 Å². The molecule has 1 unspecified atom stereocenters. The Morgan fingerprint density at radius 1 is 1.54 bits per heavy atom. The average molecular weight is 219 g/mol. The highest BCUT2D eigenvalue weighted by Gasteiger charge is 2.04. The van der Waals surface area contributed by atoms with Gasteiger partial charge in [0.1, 0.15) is 16.1 Å². The molecule has 1 rings (SSSR count). The molecule has 0 aromatic carbocycles. The van der Waals surface area contributed by atoms with E-state index in [1.165, 1.54) is 0 Å². The number of nitrogens with one attached hydrogen (secondary N) is 1. The van der Waals surface area contributed by atoms with Crippen LogP contribution in [0.5, 0.6) is 0 Å². The summed E-state index contributed by atoms with van der Waals surface area (Å²) in [6.45, 7) is 3.76. The smallest absolute Gasteiger partial charge is 0.129 e. The molecule has 0 bridgehead atoms. The van der Waals surface area contributed by atoms with Gasteiger partial charge in [0.05, 0.1) is 11.9 Å². The number of rotatable bonds is 3. The van der Waals surface area contributed by atoms with Crippen molar-refractivity contribution in [2.75, 3.05) is 4.72 Å². The van der Waals surface area contributed by atoms with Crippen molar-refractivity contribution in [1.29, 1.82) is 0 Å². The highest BCUT2D eigenvalue weighted by Crippen LogP contribution is 2.11. The van der Waals surface area contributed by atoms with Crippen molar-refractivity contribution in [3.63, 3.8) is 0 Å². The number of nitrogens with zero attached hydrogens (tertiary/aromatic N) is 1. The molecule has 0 amide bonds. The van der Waals surface area contributed by atoms with Gasteiger partial charge in [0.25, 0.3) is 0 Å². The van der Waals surface area contributed by atoms with E-state index in [1.807, 2.05) is 13.8 Å². The van der Waals surface area contributed by atoms with E-state index in [0.29, 0.717) is 5.15 Å². The van der Waals surface area contributed by atoms with Gasteiger partial charge in [0, 0.05) is 5.25 Å². The maximum atomic E-state index is 11.3. The van der Waals surface area contributed by atoms with Gasteiger partial charge in [-0.15, -0.1) is 0 Å². The molecule has 0 aliphatic rings. The Morgan fingerprint density at radius 2 is 2.23 bits per heavy atom. The van der Waals surface area contributed by atoms with Crippen LogP contribution in [-0.2, 0) is 11.0 Å². The molecule has 1 heterocycles. The van der Waals surface area contributed by atoms with Gasteiger partial charge in [0.2, 0.25) is 0 Å². The second kappa shape index (κ2) is 4.58. The number of aromatic nitrogens is 1. The SMILES string of the molecule is CC(C)S(=O)Nc1ccc(Cl)nc1. The summed E-state index contributed by atoms with van der Waals surface area (Å²) in [5, 5.41) is 0.511. The number of hydrogen-bond acceptors (Lipinski definition) is 2. The lowest BCUT2D eigenvalue weighted by molar-refractivity contribution is 0.680. The molecule has 72 valence electrons. The first kappa shape index (κ1) is 10.5. The molecule has 0 fully saturated rings. The van der Waals surface area contributed by atoms with E-state index in [1.54, 1.807) is 18.3 Å². The molecular formula is C8H11ClN2OS. The minimum atomic E-state index is -1.06. The van der Waals surface area contributed by atoms with Crippen molar-refractivity contribution in [1.82, 2.24) is 4.98 Å². The fourth-order valence-electron chi connectivity index (χ4n) is 0.670. The van der Waals surface area contributed by atoms with Crippen LogP contribution >= 0.6 is 11.6 Å². The number of hydrogen-bond donors (Lipinski definition) is 1. The zero-order chi connectivity index (χ0) is 9.84. The summed E-state index contributed by atoms with van der Waals surface area (Å²) in [5.74, 6) is 0. The van der Waals surface area contributed by atoms with Gasteiger partial charge < -0.3 is 4.72 Å². The maximum Gasteiger partial charge on any atom is 0.129 e. The molecule has 0 spiro atoms. The van der Waals surface area contributed by atoms with Crippen LogP contribution in [0.2, 0.25) is 5.15 Å². The normalized spacial score (nSPS) is 12.9. The minimum Gasteiger partial charge on any atom is -0.303 e. The van der Waals surface area contributed by atoms with Gasteiger partial charge >= 0.3 is 0 Å². The first-order valence-electron chi connectivity index (χ1n) is 3.88. The quantitative estimate of drug-likeness (QED) is 0.791. The van der Waals surface area contributed by atoms with Crippen molar-refractivity contribution in [3.05, 3.63) is 23.5 Å². The topological polar surface area (TPSA) is 42.0 Å². The first-order valence-corrected chi connectivity index (χ1v) is 5.47. The van der Waals surface area contributed by atoms with Gasteiger partial charge in [0.15, 0.2) is 0 Å². The van der Waals surface area contributed by atoms with Crippen LogP contribution in [0, 0.1) is 0 Å². The fourth-order valence-corrected chi connectivity index (χ4v) is 1.37. The Bertz CT molecular complexity index is 300. The van der Waals surface area contributed by atoms with E-state index in [-0.39, 0.29) is 5.25 Å². The Labute approximate surface area is 85.1 Å². The van der Waals surface area contributed by atoms with E-state index in [0.717, 1.165) is 5.69 Å². The highest BCUT2D eigenvalue weighted by atomic mass is 35.5. The third-order valence-electron chi connectivity index (χ3n) is 1.37. The minimum absolute atomic E-state index is 0.0793. The molecule has 1 aromatic heterocycles. The molecule has 0 saturated heterocycles. The van der Waals surface area contributed by atoms with E-state index >= 15 is 0 Å². The third-order valence-corrected chi connectivity index (χ3v) is 2.89. The van der Waals surface area contributed by atoms with E-state index in [2.05, 4.69) is 9.71 Å². The molecule has 0 saturated carbocycles. The molecule has 1 N–H and O–H groups in total. The third kappa shape index (κ3) is 3.32. The first-order chi connectivity index (χ1) is 6.09. The van der Waals surface area contributed by atoms with Crippen LogP contribution in [0.1, 0.15) is 13.8 Å². The molecule has 0 aliphatic heterocycles. The van der Waals surface area contributed by atoms with Gasteiger partial charge in [-0.05, 0) is 26.0 Å². The number of pyridine rings is 1. The fraction of sp³-hybridized carbons (Fsp3) is 0.375. The maximum absolute atomic E-state index is 11.3. The molecule has 3 nitrogen and oxygen atoms in total. The van der Waals surface area contributed by atoms with Crippen molar-refractivity contribution in [3.8, 4) is 0 Å². The standard InChI is InChI=1S/C8H11ClN2OS/c1-6(2)13(12)11-7-3-4-8(9)10-5-7/h3-6,11H,1-2H3. The summed E-state index contributed by atoms with van der Waals surface area (Å²) in [5.41, 5.74) is 0.719. The largest absolute Gasteiger partial charge is 0.303 e. The Balaban J connectivity index is 2.65. The average Bonchev–Trinajstić information content (AvgIpc) is 2.08. The summed E-state index contributed by atoms with van der Waals surface area (Å²) in [7, 11) is -1.06. The van der Waals surface area contributed by atoms with Crippen LogP contribution < -0.4 is 4.72 Å². The Morgan fingerprint density at radius 3 is 2.69 bits per heavy atom.